The summed E-state index contributed by atoms with van der Waals surface area (Å²) >= 11 is 0. The average molecular weight is 497 g/mol. The number of amides is 1. The number of methoxy groups -OCH3 is 2. The number of nitrogens with one attached hydrogen (secondary N) is 1. The lowest BCUT2D eigenvalue weighted by Crippen LogP contribution is -2.50. The van der Waals surface area contributed by atoms with E-state index in [4.69, 9.17) is 14.2 Å². The number of carbonyl (C=O) groups excluding carboxylic acids is 1. The number of benzene rings is 3. The van der Waals surface area contributed by atoms with Gasteiger partial charge >= 0.3 is 0 Å². The first-order valence-corrected chi connectivity index (χ1v) is 12.7. The van der Waals surface area contributed by atoms with E-state index < -0.39 is 22.0 Å². The van der Waals surface area contributed by atoms with Crippen molar-refractivity contribution in [3.05, 3.63) is 77.9 Å². The number of hydrogen-bond acceptors (Lipinski definition) is 6. The molecule has 3 aromatic carbocycles. The van der Waals surface area contributed by atoms with E-state index in [1.165, 1.54) is 30.7 Å². The van der Waals surface area contributed by atoms with Gasteiger partial charge in [-0.1, -0.05) is 24.3 Å². The smallest absolute Gasteiger partial charge is 0.244 e. The summed E-state index contributed by atoms with van der Waals surface area (Å²) in [6.45, 7) is 2.51. The Labute approximate surface area is 205 Å². The molecule has 0 aliphatic carbocycles. The van der Waals surface area contributed by atoms with Crippen molar-refractivity contribution in [1.82, 2.24) is 4.31 Å². The SMILES string of the molecule is CCOc1ccc(NC(=O)C2Cc3ccccc3CN2S(=O)(=O)c2ccc(OC)c(OC)c2)cc1. The fourth-order valence-corrected chi connectivity index (χ4v) is 5.70. The van der Waals surface area contributed by atoms with Crippen LogP contribution in [0, 0.1) is 0 Å². The lowest BCUT2D eigenvalue weighted by atomic mass is 9.95. The maximum absolute atomic E-state index is 13.8. The molecule has 3 aromatic rings. The summed E-state index contributed by atoms with van der Waals surface area (Å²) in [5.74, 6) is 0.990. The molecule has 1 amide bonds. The molecule has 8 nitrogen and oxygen atoms in total. The molecule has 1 unspecified atom stereocenters. The topological polar surface area (TPSA) is 94.2 Å². The van der Waals surface area contributed by atoms with Crippen molar-refractivity contribution >= 4 is 21.6 Å². The molecule has 0 fully saturated rings. The fourth-order valence-electron chi connectivity index (χ4n) is 4.11. The molecular weight excluding hydrogens is 468 g/mol. The lowest BCUT2D eigenvalue weighted by molar-refractivity contribution is -0.120. The van der Waals surface area contributed by atoms with E-state index in [1.807, 2.05) is 31.2 Å². The van der Waals surface area contributed by atoms with E-state index in [9.17, 15) is 13.2 Å². The molecule has 0 aromatic heterocycles. The van der Waals surface area contributed by atoms with Gasteiger partial charge in [0.25, 0.3) is 0 Å². The molecule has 9 heteroatoms. The van der Waals surface area contributed by atoms with Crippen LogP contribution < -0.4 is 19.5 Å². The van der Waals surface area contributed by atoms with Crippen LogP contribution in [0.2, 0.25) is 0 Å². The quantitative estimate of drug-likeness (QED) is 0.509. The summed E-state index contributed by atoms with van der Waals surface area (Å²) in [5.41, 5.74) is 2.36. The van der Waals surface area contributed by atoms with Gasteiger partial charge in [-0.25, -0.2) is 8.42 Å². The number of carbonyl (C=O) groups is 1. The van der Waals surface area contributed by atoms with Crippen molar-refractivity contribution in [3.8, 4) is 17.2 Å². The number of ether oxygens (including phenoxy) is 3. The zero-order chi connectivity index (χ0) is 25.0. The number of nitrogens with zero attached hydrogens (tertiary/aromatic N) is 1. The van der Waals surface area contributed by atoms with Gasteiger partial charge in [0.15, 0.2) is 11.5 Å². The number of anilines is 1. The van der Waals surface area contributed by atoms with Gasteiger partial charge in [0.05, 0.1) is 25.7 Å². The normalized spacial score (nSPS) is 15.7. The van der Waals surface area contributed by atoms with Gasteiger partial charge < -0.3 is 19.5 Å². The highest BCUT2D eigenvalue weighted by Gasteiger charge is 2.40. The predicted molar refractivity (Wildman–Crippen MR) is 132 cm³/mol. The van der Waals surface area contributed by atoms with Crippen LogP contribution in [0.3, 0.4) is 0 Å². The summed E-state index contributed by atoms with van der Waals surface area (Å²) in [6.07, 6.45) is 0.256. The van der Waals surface area contributed by atoms with E-state index in [1.54, 1.807) is 30.3 Å². The standard InChI is InChI=1S/C26H28N2O6S/c1-4-34-21-11-9-20(10-12-21)27-26(29)23-15-18-7-5-6-8-19(18)17-28(23)35(30,31)22-13-14-24(32-2)25(16-22)33-3/h5-14,16,23H,4,15,17H2,1-3H3,(H,27,29). The number of rotatable bonds is 8. The molecule has 1 N–H and O–H groups in total. The molecule has 1 atom stereocenters. The van der Waals surface area contributed by atoms with Crippen LogP contribution in [0.25, 0.3) is 0 Å². The molecule has 0 saturated carbocycles. The van der Waals surface area contributed by atoms with Crippen LogP contribution in [0.5, 0.6) is 17.2 Å². The van der Waals surface area contributed by atoms with E-state index in [-0.39, 0.29) is 17.9 Å². The Hall–Kier alpha value is -3.56. The molecule has 1 aliphatic rings. The maximum atomic E-state index is 13.8. The Morgan fingerprint density at radius 3 is 2.31 bits per heavy atom. The lowest BCUT2D eigenvalue weighted by Gasteiger charge is -2.35. The first-order chi connectivity index (χ1) is 16.9. The van der Waals surface area contributed by atoms with Crippen molar-refractivity contribution in [2.24, 2.45) is 0 Å². The molecule has 1 heterocycles. The zero-order valence-electron chi connectivity index (χ0n) is 19.9. The van der Waals surface area contributed by atoms with Crippen molar-refractivity contribution in [3.63, 3.8) is 0 Å². The molecule has 4 rings (SSSR count). The summed E-state index contributed by atoms with van der Waals surface area (Å²) in [4.78, 5) is 13.4. The monoisotopic (exact) mass is 496 g/mol. The van der Waals surface area contributed by atoms with Gasteiger partial charge in [-0.2, -0.15) is 4.31 Å². The van der Waals surface area contributed by atoms with E-state index >= 15 is 0 Å². The maximum Gasteiger partial charge on any atom is 0.244 e. The average Bonchev–Trinajstić information content (AvgIpc) is 2.88. The first-order valence-electron chi connectivity index (χ1n) is 11.2. The van der Waals surface area contributed by atoms with Gasteiger partial charge in [0.2, 0.25) is 15.9 Å². The molecule has 35 heavy (non-hydrogen) atoms. The Kier molecular flexibility index (Phi) is 7.28. The van der Waals surface area contributed by atoms with Gasteiger partial charge in [-0.15, -0.1) is 0 Å². The van der Waals surface area contributed by atoms with Crippen LogP contribution in [0.1, 0.15) is 18.1 Å². The van der Waals surface area contributed by atoms with E-state index in [0.29, 0.717) is 29.5 Å². The Morgan fingerprint density at radius 1 is 0.971 bits per heavy atom. The second-order valence-electron chi connectivity index (χ2n) is 8.00. The minimum absolute atomic E-state index is 0.0217. The highest BCUT2D eigenvalue weighted by atomic mass is 32.2. The third-order valence-corrected chi connectivity index (χ3v) is 7.75. The second-order valence-corrected chi connectivity index (χ2v) is 9.89. The summed E-state index contributed by atoms with van der Waals surface area (Å²) in [7, 11) is -1.12. The fraction of sp³-hybridized carbons (Fsp3) is 0.269. The highest BCUT2D eigenvalue weighted by molar-refractivity contribution is 7.89. The third-order valence-electron chi connectivity index (χ3n) is 5.90. The van der Waals surface area contributed by atoms with Gasteiger partial charge in [-0.05, 0) is 60.9 Å². The number of hydrogen-bond donors (Lipinski definition) is 1. The van der Waals surface area contributed by atoms with Crippen LogP contribution in [-0.2, 0) is 27.8 Å². The molecule has 0 radical (unpaired) electrons. The largest absolute Gasteiger partial charge is 0.494 e. The van der Waals surface area contributed by atoms with Crippen molar-refractivity contribution in [1.29, 1.82) is 0 Å². The van der Waals surface area contributed by atoms with E-state index in [0.717, 1.165) is 11.1 Å². The van der Waals surface area contributed by atoms with Gasteiger partial charge in [-0.3, -0.25) is 4.79 Å². The van der Waals surface area contributed by atoms with E-state index in [2.05, 4.69) is 5.32 Å². The first kappa shape index (κ1) is 24.6. The summed E-state index contributed by atoms with van der Waals surface area (Å²) in [5, 5.41) is 2.86. The van der Waals surface area contributed by atoms with Crippen molar-refractivity contribution in [2.45, 2.75) is 30.8 Å². The highest BCUT2D eigenvalue weighted by Crippen LogP contribution is 2.34. The molecular formula is C26H28N2O6S. The minimum Gasteiger partial charge on any atom is -0.494 e. The van der Waals surface area contributed by atoms with Gasteiger partial charge in [0.1, 0.15) is 11.8 Å². The number of sulfonamides is 1. The van der Waals surface area contributed by atoms with Crippen LogP contribution >= 0.6 is 0 Å². The van der Waals surface area contributed by atoms with Crippen LogP contribution in [-0.4, -0.2) is 45.5 Å². The number of fused-ring (bicyclic) bond motifs is 1. The molecule has 0 saturated heterocycles. The van der Waals surface area contributed by atoms with Gasteiger partial charge in [0, 0.05) is 18.3 Å². The molecule has 1 aliphatic heterocycles. The van der Waals surface area contributed by atoms with Crippen LogP contribution in [0.15, 0.2) is 71.6 Å². The third kappa shape index (κ3) is 5.11. The molecule has 184 valence electrons. The molecule has 0 bridgehead atoms. The Morgan fingerprint density at radius 2 is 1.66 bits per heavy atom. The van der Waals surface area contributed by atoms with Crippen molar-refractivity contribution < 1.29 is 27.4 Å². The van der Waals surface area contributed by atoms with Crippen LogP contribution in [0.4, 0.5) is 5.69 Å². The Balaban J connectivity index is 1.68. The zero-order valence-corrected chi connectivity index (χ0v) is 20.7. The summed E-state index contributed by atoms with van der Waals surface area (Å²) in [6, 6.07) is 18.0. The minimum atomic E-state index is -4.05. The molecule has 0 spiro atoms. The second kappa shape index (κ2) is 10.4. The summed E-state index contributed by atoms with van der Waals surface area (Å²) < 4.78 is 44.8. The van der Waals surface area contributed by atoms with Crippen molar-refractivity contribution in [2.75, 3.05) is 26.1 Å². The Bertz CT molecular complexity index is 1310. The predicted octanol–water partition coefficient (Wildman–Crippen LogP) is 3.86.